The summed E-state index contributed by atoms with van der Waals surface area (Å²) in [5.74, 6) is -0.0565. The van der Waals surface area contributed by atoms with E-state index in [0.717, 1.165) is 31.6 Å². The van der Waals surface area contributed by atoms with Crippen LogP contribution >= 0.6 is 0 Å². The van der Waals surface area contributed by atoms with Crippen LogP contribution in [0.5, 0.6) is 0 Å². The van der Waals surface area contributed by atoms with Crippen molar-refractivity contribution in [2.45, 2.75) is 25.6 Å². The fraction of sp³-hybridized carbons (Fsp3) is 0.562. The minimum atomic E-state index is -0.426. The second-order valence-corrected chi connectivity index (χ2v) is 5.79. The van der Waals surface area contributed by atoms with E-state index in [1.807, 2.05) is 6.92 Å². The first-order valence-electron chi connectivity index (χ1n) is 7.89. The lowest BCUT2D eigenvalue weighted by Gasteiger charge is -2.37. The van der Waals surface area contributed by atoms with E-state index in [1.54, 1.807) is 12.1 Å². The summed E-state index contributed by atoms with van der Waals surface area (Å²) in [4.78, 5) is 23.0. The Morgan fingerprint density at radius 3 is 2.74 bits per heavy atom. The fourth-order valence-corrected chi connectivity index (χ4v) is 2.90. The Balaban J connectivity index is 1.71. The number of carbonyl (C=O) groups excluding carboxylic acids is 1. The van der Waals surface area contributed by atoms with Gasteiger partial charge in [0.25, 0.3) is 5.91 Å². The van der Waals surface area contributed by atoms with Crippen molar-refractivity contribution in [3.8, 4) is 0 Å². The van der Waals surface area contributed by atoms with Crippen molar-refractivity contribution in [2.24, 2.45) is 0 Å². The zero-order valence-electron chi connectivity index (χ0n) is 13.4. The second-order valence-electron chi connectivity index (χ2n) is 5.79. The van der Waals surface area contributed by atoms with Gasteiger partial charge in [-0.05, 0) is 13.0 Å². The predicted molar refractivity (Wildman–Crippen MR) is 85.4 cm³/mol. The van der Waals surface area contributed by atoms with E-state index < -0.39 is 5.79 Å². The molecule has 0 aromatic carbocycles. The van der Waals surface area contributed by atoms with E-state index in [9.17, 15) is 4.79 Å². The Morgan fingerprint density at radius 2 is 2.09 bits per heavy atom. The minimum Gasteiger partial charge on any atom is -0.347 e. The highest BCUT2D eigenvalue weighted by Gasteiger charge is 2.40. The van der Waals surface area contributed by atoms with Gasteiger partial charge in [-0.3, -0.25) is 4.79 Å². The molecule has 23 heavy (non-hydrogen) atoms. The first kappa shape index (κ1) is 15.9. The first-order valence-corrected chi connectivity index (χ1v) is 7.89. The number of anilines is 1. The molecule has 0 bridgehead atoms. The third-order valence-corrected chi connectivity index (χ3v) is 4.10. The Kier molecular flexibility index (Phi) is 4.58. The van der Waals surface area contributed by atoms with Gasteiger partial charge in [0.1, 0.15) is 5.69 Å². The lowest BCUT2D eigenvalue weighted by atomic mass is 10.0. The fourth-order valence-electron chi connectivity index (χ4n) is 2.90. The van der Waals surface area contributed by atoms with Crippen LogP contribution in [-0.4, -0.2) is 54.5 Å². The van der Waals surface area contributed by atoms with E-state index in [-0.39, 0.29) is 5.91 Å². The normalized spacial score (nSPS) is 19.8. The number of aromatic nitrogens is 2. The van der Waals surface area contributed by atoms with Crippen LogP contribution in [0.2, 0.25) is 0 Å². The summed E-state index contributed by atoms with van der Waals surface area (Å²) >= 11 is 0. The maximum atomic E-state index is 12.1. The number of nitrogens with one attached hydrogen (secondary N) is 1. The number of amides is 1. The average molecular weight is 318 g/mol. The molecule has 2 fully saturated rings. The predicted octanol–water partition coefficient (Wildman–Crippen LogP) is 1.04. The SMILES string of the molecule is C=CCNC(=O)c1cc(C)nc(N2CCC3(CC2)OCCO3)n1. The van der Waals surface area contributed by atoms with E-state index >= 15 is 0 Å². The van der Waals surface area contributed by atoms with Crippen molar-refractivity contribution < 1.29 is 14.3 Å². The Bertz CT molecular complexity index is 589. The molecule has 1 amide bonds. The van der Waals surface area contributed by atoms with E-state index in [2.05, 4.69) is 26.8 Å². The van der Waals surface area contributed by atoms with Crippen LogP contribution in [0.4, 0.5) is 5.95 Å². The zero-order valence-corrected chi connectivity index (χ0v) is 13.4. The average Bonchev–Trinajstić information content (AvgIpc) is 3.01. The molecule has 0 atom stereocenters. The number of hydrogen-bond donors (Lipinski definition) is 1. The number of ether oxygens (including phenoxy) is 2. The highest BCUT2D eigenvalue weighted by Crippen LogP contribution is 2.32. The third-order valence-electron chi connectivity index (χ3n) is 4.10. The Morgan fingerprint density at radius 1 is 1.39 bits per heavy atom. The van der Waals surface area contributed by atoms with Crippen LogP contribution in [0, 0.1) is 6.92 Å². The Labute approximate surface area is 135 Å². The Hall–Kier alpha value is -1.99. The summed E-state index contributed by atoms with van der Waals surface area (Å²) in [6.45, 7) is 8.69. The van der Waals surface area contributed by atoms with Crippen molar-refractivity contribution in [1.29, 1.82) is 0 Å². The number of rotatable bonds is 4. The second kappa shape index (κ2) is 6.64. The quantitative estimate of drug-likeness (QED) is 0.836. The highest BCUT2D eigenvalue weighted by molar-refractivity contribution is 5.92. The third kappa shape index (κ3) is 3.51. The molecule has 1 spiro atoms. The van der Waals surface area contributed by atoms with Crippen LogP contribution < -0.4 is 10.2 Å². The molecule has 2 saturated heterocycles. The van der Waals surface area contributed by atoms with Crippen LogP contribution in [0.15, 0.2) is 18.7 Å². The molecule has 2 aliphatic heterocycles. The standard InChI is InChI=1S/C16H22N4O3/c1-3-6-17-14(21)13-11-12(2)18-15(19-13)20-7-4-16(5-8-20)22-9-10-23-16/h3,11H,1,4-10H2,2H3,(H,17,21). The molecule has 1 N–H and O–H groups in total. The molecule has 7 nitrogen and oxygen atoms in total. The van der Waals surface area contributed by atoms with Crippen molar-refractivity contribution in [3.63, 3.8) is 0 Å². The first-order chi connectivity index (χ1) is 11.1. The van der Waals surface area contributed by atoms with Crippen molar-refractivity contribution >= 4 is 11.9 Å². The summed E-state index contributed by atoms with van der Waals surface area (Å²) in [6.07, 6.45) is 3.20. The topological polar surface area (TPSA) is 76.6 Å². The van der Waals surface area contributed by atoms with Gasteiger partial charge in [-0.1, -0.05) is 6.08 Å². The van der Waals surface area contributed by atoms with Gasteiger partial charge < -0.3 is 19.7 Å². The molecule has 0 saturated carbocycles. The molecule has 7 heteroatoms. The monoisotopic (exact) mass is 318 g/mol. The molecule has 0 radical (unpaired) electrons. The lowest BCUT2D eigenvalue weighted by molar-refractivity contribution is -0.169. The summed E-state index contributed by atoms with van der Waals surface area (Å²) < 4.78 is 11.5. The van der Waals surface area contributed by atoms with Crippen LogP contribution in [-0.2, 0) is 9.47 Å². The van der Waals surface area contributed by atoms with Crippen LogP contribution in [0.25, 0.3) is 0 Å². The van der Waals surface area contributed by atoms with Gasteiger partial charge in [-0.25, -0.2) is 9.97 Å². The number of aryl methyl sites for hydroxylation is 1. The summed E-state index contributed by atoms with van der Waals surface area (Å²) in [6, 6.07) is 1.69. The molecular formula is C16H22N4O3. The molecule has 1 aromatic rings. The van der Waals surface area contributed by atoms with Gasteiger partial charge in [-0.2, -0.15) is 0 Å². The van der Waals surface area contributed by atoms with Crippen molar-refractivity contribution in [1.82, 2.24) is 15.3 Å². The molecule has 0 aliphatic carbocycles. The van der Waals surface area contributed by atoms with E-state index in [1.165, 1.54) is 0 Å². The largest absolute Gasteiger partial charge is 0.347 e. The molecule has 3 rings (SSSR count). The summed E-state index contributed by atoms with van der Waals surface area (Å²) in [5, 5.41) is 2.74. The molecule has 1 aromatic heterocycles. The number of hydrogen-bond acceptors (Lipinski definition) is 6. The van der Waals surface area contributed by atoms with Gasteiger partial charge in [-0.15, -0.1) is 6.58 Å². The zero-order chi connectivity index (χ0) is 16.3. The van der Waals surface area contributed by atoms with Crippen LogP contribution in [0.3, 0.4) is 0 Å². The summed E-state index contributed by atoms with van der Waals surface area (Å²) in [7, 11) is 0. The van der Waals surface area contributed by atoms with Gasteiger partial charge in [0.05, 0.1) is 13.2 Å². The van der Waals surface area contributed by atoms with E-state index in [4.69, 9.17) is 9.47 Å². The lowest BCUT2D eigenvalue weighted by Crippen LogP contribution is -2.45. The smallest absolute Gasteiger partial charge is 0.270 e. The number of carbonyl (C=O) groups is 1. The molecule has 3 heterocycles. The molecule has 124 valence electrons. The number of nitrogens with zero attached hydrogens (tertiary/aromatic N) is 3. The van der Waals surface area contributed by atoms with Gasteiger partial charge in [0, 0.05) is 38.2 Å². The molecular weight excluding hydrogens is 296 g/mol. The van der Waals surface area contributed by atoms with Crippen molar-refractivity contribution in [3.05, 3.63) is 30.1 Å². The molecule has 0 unspecified atom stereocenters. The van der Waals surface area contributed by atoms with Crippen LogP contribution in [0.1, 0.15) is 29.0 Å². The van der Waals surface area contributed by atoms with Crippen molar-refractivity contribution in [2.75, 3.05) is 37.7 Å². The summed E-state index contributed by atoms with van der Waals surface area (Å²) in [5.41, 5.74) is 1.15. The number of piperidine rings is 1. The highest BCUT2D eigenvalue weighted by atomic mass is 16.7. The van der Waals surface area contributed by atoms with Gasteiger partial charge in [0.2, 0.25) is 5.95 Å². The van der Waals surface area contributed by atoms with E-state index in [0.29, 0.717) is 31.4 Å². The minimum absolute atomic E-state index is 0.215. The maximum absolute atomic E-state index is 12.1. The molecule has 2 aliphatic rings. The maximum Gasteiger partial charge on any atom is 0.270 e. The van der Waals surface area contributed by atoms with Gasteiger partial charge >= 0.3 is 0 Å². The van der Waals surface area contributed by atoms with Gasteiger partial charge in [0.15, 0.2) is 5.79 Å².